The van der Waals surface area contributed by atoms with E-state index < -0.39 is 22.0 Å². The molecule has 1 aliphatic heterocycles. The van der Waals surface area contributed by atoms with Crippen molar-refractivity contribution in [3.8, 4) is 11.5 Å². The van der Waals surface area contributed by atoms with Gasteiger partial charge in [0.2, 0.25) is 22.7 Å². The van der Waals surface area contributed by atoms with Crippen LogP contribution in [-0.4, -0.2) is 27.2 Å². The molecule has 2 N–H and O–H groups in total. The van der Waals surface area contributed by atoms with Gasteiger partial charge in [0.15, 0.2) is 11.5 Å². The van der Waals surface area contributed by atoms with Crippen LogP contribution in [0.5, 0.6) is 11.5 Å². The number of furan rings is 1. The predicted molar refractivity (Wildman–Crippen MR) is 96.7 cm³/mol. The van der Waals surface area contributed by atoms with Gasteiger partial charge in [0.25, 0.3) is 0 Å². The molecule has 146 valence electrons. The summed E-state index contributed by atoms with van der Waals surface area (Å²) in [4.78, 5) is 12.6. The molecule has 0 spiro atoms. The molecule has 9 heteroatoms. The summed E-state index contributed by atoms with van der Waals surface area (Å²) in [6.07, 6.45) is 1.86. The molecule has 2 heterocycles. The Balaban J connectivity index is 1.73. The second kappa shape index (κ2) is 8.01. The molecule has 1 aromatic carbocycles. The van der Waals surface area contributed by atoms with Crippen LogP contribution in [0, 0.1) is 5.92 Å². The second-order valence-electron chi connectivity index (χ2n) is 6.62. The van der Waals surface area contributed by atoms with Crippen molar-refractivity contribution < 1.29 is 27.1 Å². The number of carbonyl (C=O) groups excluding carboxylic acids is 1. The summed E-state index contributed by atoms with van der Waals surface area (Å²) in [5, 5.41) is 2.70. The summed E-state index contributed by atoms with van der Waals surface area (Å²) in [6, 6.07) is 6.88. The lowest BCUT2D eigenvalue weighted by molar-refractivity contribution is -0.123. The fourth-order valence-electron chi connectivity index (χ4n) is 2.69. The molecular formula is C18H22N2O6S. The Morgan fingerprint density at radius 2 is 1.96 bits per heavy atom. The smallest absolute Gasteiger partial charge is 0.241 e. The van der Waals surface area contributed by atoms with Crippen molar-refractivity contribution >= 4 is 15.9 Å². The van der Waals surface area contributed by atoms with Gasteiger partial charge in [0.05, 0.1) is 17.7 Å². The number of amides is 1. The first-order chi connectivity index (χ1) is 12.8. The van der Waals surface area contributed by atoms with Gasteiger partial charge in [-0.3, -0.25) is 4.79 Å². The lowest BCUT2D eigenvalue weighted by Gasteiger charge is -2.20. The fraction of sp³-hybridized carbons (Fsp3) is 0.389. The first kappa shape index (κ1) is 19.2. The van der Waals surface area contributed by atoms with Crippen molar-refractivity contribution in [2.24, 2.45) is 5.92 Å². The Hall–Kier alpha value is -2.52. The minimum Gasteiger partial charge on any atom is -0.467 e. The molecule has 27 heavy (non-hydrogen) atoms. The van der Waals surface area contributed by atoms with Gasteiger partial charge in [0.1, 0.15) is 11.8 Å². The Kier molecular flexibility index (Phi) is 5.71. The number of carbonyl (C=O) groups is 1. The van der Waals surface area contributed by atoms with Crippen LogP contribution in [0.1, 0.15) is 26.0 Å². The molecule has 0 saturated heterocycles. The molecule has 0 saturated carbocycles. The van der Waals surface area contributed by atoms with Gasteiger partial charge in [-0.1, -0.05) is 13.8 Å². The zero-order chi connectivity index (χ0) is 19.4. The molecule has 0 unspecified atom stereocenters. The zero-order valence-electron chi connectivity index (χ0n) is 15.1. The van der Waals surface area contributed by atoms with Gasteiger partial charge >= 0.3 is 0 Å². The Morgan fingerprint density at radius 1 is 1.19 bits per heavy atom. The third kappa shape index (κ3) is 4.81. The molecule has 0 bridgehead atoms. The summed E-state index contributed by atoms with van der Waals surface area (Å²) in [6.45, 7) is 4.08. The minimum absolute atomic E-state index is 0.0133. The maximum absolute atomic E-state index is 12.8. The molecule has 1 amide bonds. The summed E-state index contributed by atoms with van der Waals surface area (Å²) in [5.41, 5.74) is 0. The van der Waals surface area contributed by atoms with Crippen molar-refractivity contribution in [2.45, 2.75) is 37.8 Å². The van der Waals surface area contributed by atoms with Crippen molar-refractivity contribution in [3.63, 3.8) is 0 Å². The maximum atomic E-state index is 12.8. The highest BCUT2D eigenvalue weighted by Gasteiger charge is 2.28. The van der Waals surface area contributed by atoms with Crippen LogP contribution < -0.4 is 19.5 Å². The first-order valence-corrected chi connectivity index (χ1v) is 10.1. The van der Waals surface area contributed by atoms with Crippen LogP contribution in [0.25, 0.3) is 0 Å². The zero-order valence-corrected chi connectivity index (χ0v) is 15.9. The number of rotatable bonds is 8. The van der Waals surface area contributed by atoms with Gasteiger partial charge in [-0.05, 0) is 36.6 Å². The van der Waals surface area contributed by atoms with Crippen LogP contribution >= 0.6 is 0 Å². The third-order valence-electron chi connectivity index (χ3n) is 3.99. The summed E-state index contributed by atoms with van der Waals surface area (Å²) >= 11 is 0. The van der Waals surface area contributed by atoms with E-state index in [4.69, 9.17) is 13.9 Å². The molecule has 0 aliphatic carbocycles. The summed E-state index contributed by atoms with van der Waals surface area (Å²) < 4.78 is 43.6. The maximum Gasteiger partial charge on any atom is 0.241 e. The van der Waals surface area contributed by atoms with Crippen LogP contribution in [-0.2, 0) is 21.4 Å². The van der Waals surface area contributed by atoms with Crippen molar-refractivity contribution in [1.29, 1.82) is 0 Å². The lowest BCUT2D eigenvalue weighted by atomic mass is 10.0. The quantitative estimate of drug-likeness (QED) is 0.709. The number of fused-ring (bicyclic) bond motifs is 1. The number of hydrogen-bond donors (Lipinski definition) is 2. The highest BCUT2D eigenvalue weighted by Crippen LogP contribution is 2.33. The highest BCUT2D eigenvalue weighted by atomic mass is 32.2. The summed E-state index contributed by atoms with van der Waals surface area (Å²) in [7, 11) is -3.91. The molecule has 3 rings (SSSR count). The number of sulfonamides is 1. The first-order valence-electron chi connectivity index (χ1n) is 8.57. The van der Waals surface area contributed by atoms with Gasteiger partial charge in [-0.2, -0.15) is 4.72 Å². The lowest BCUT2D eigenvalue weighted by Crippen LogP contribution is -2.47. The molecular weight excluding hydrogens is 372 g/mol. The van der Waals surface area contributed by atoms with Crippen LogP contribution in [0.2, 0.25) is 0 Å². The minimum atomic E-state index is -3.91. The van der Waals surface area contributed by atoms with E-state index in [9.17, 15) is 13.2 Å². The third-order valence-corrected chi connectivity index (χ3v) is 5.46. The van der Waals surface area contributed by atoms with E-state index >= 15 is 0 Å². The number of hydrogen-bond acceptors (Lipinski definition) is 6. The fourth-order valence-corrected chi connectivity index (χ4v) is 3.91. The van der Waals surface area contributed by atoms with Crippen molar-refractivity contribution in [2.75, 3.05) is 6.79 Å². The molecule has 8 nitrogen and oxygen atoms in total. The summed E-state index contributed by atoms with van der Waals surface area (Å²) in [5.74, 6) is 1.14. The highest BCUT2D eigenvalue weighted by molar-refractivity contribution is 7.89. The van der Waals surface area contributed by atoms with Crippen molar-refractivity contribution in [1.82, 2.24) is 10.0 Å². The van der Waals surface area contributed by atoms with Crippen molar-refractivity contribution in [3.05, 3.63) is 42.4 Å². The van der Waals surface area contributed by atoms with E-state index in [-0.39, 0.29) is 24.2 Å². The van der Waals surface area contributed by atoms with Crippen LogP contribution in [0.3, 0.4) is 0 Å². The van der Waals surface area contributed by atoms with E-state index in [0.717, 1.165) is 0 Å². The van der Waals surface area contributed by atoms with Gasteiger partial charge in [-0.15, -0.1) is 0 Å². The normalized spacial score (nSPS) is 14.3. The monoisotopic (exact) mass is 394 g/mol. The Labute approximate surface area is 157 Å². The van der Waals surface area contributed by atoms with Gasteiger partial charge < -0.3 is 19.2 Å². The molecule has 1 aliphatic rings. The van der Waals surface area contributed by atoms with E-state index in [1.807, 2.05) is 13.8 Å². The van der Waals surface area contributed by atoms with E-state index in [1.54, 1.807) is 12.1 Å². The number of nitrogens with one attached hydrogen (secondary N) is 2. The molecule has 2 aromatic rings. The average Bonchev–Trinajstić information content (AvgIpc) is 3.29. The van der Waals surface area contributed by atoms with Gasteiger partial charge in [0, 0.05) is 6.07 Å². The predicted octanol–water partition coefficient (Wildman–Crippen LogP) is 2.02. The number of ether oxygens (including phenoxy) is 2. The Bertz CT molecular complexity index is 893. The largest absolute Gasteiger partial charge is 0.467 e. The molecule has 1 atom stereocenters. The van der Waals surface area contributed by atoms with E-state index in [2.05, 4.69) is 10.0 Å². The molecule has 0 fully saturated rings. The van der Waals surface area contributed by atoms with Crippen LogP contribution in [0.4, 0.5) is 0 Å². The molecule has 0 radical (unpaired) electrons. The number of benzene rings is 1. The molecule has 1 aromatic heterocycles. The standard InChI is InChI=1S/C18H22N2O6S/c1-12(2)8-15(18(21)19-10-13-4-3-7-24-13)20-27(22,23)14-5-6-16-17(9-14)26-11-25-16/h3-7,9,12,15,20H,8,10-11H2,1-2H3,(H,19,21)/t15-/m1/s1. The van der Waals surface area contributed by atoms with Gasteiger partial charge in [-0.25, -0.2) is 8.42 Å². The Morgan fingerprint density at radius 3 is 2.67 bits per heavy atom. The topological polar surface area (TPSA) is 107 Å². The second-order valence-corrected chi connectivity index (χ2v) is 8.33. The SMILES string of the molecule is CC(C)C[C@@H](NS(=O)(=O)c1ccc2c(c1)OCO2)C(=O)NCc1ccco1. The van der Waals surface area contributed by atoms with Crippen LogP contribution in [0.15, 0.2) is 45.9 Å². The van der Waals surface area contributed by atoms with E-state index in [0.29, 0.717) is 23.7 Å². The van der Waals surface area contributed by atoms with E-state index in [1.165, 1.54) is 24.5 Å². The average molecular weight is 394 g/mol.